The van der Waals surface area contributed by atoms with Crippen LogP contribution < -0.4 is 10.1 Å². The van der Waals surface area contributed by atoms with Crippen molar-refractivity contribution >= 4 is 5.91 Å². The van der Waals surface area contributed by atoms with Gasteiger partial charge in [-0.15, -0.1) is 0 Å². The monoisotopic (exact) mass is 325 g/mol. The summed E-state index contributed by atoms with van der Waals surface area (Å²) < 4.78 is 18.2. The molecule has 0 aliphatic carbocycles. The first kappa shape index (κ1) is 15.7. The molecule has 0 spiro atoms. The first-order valence-corrected chi connectivity index (χ1v) is 7.38. The minimum atomic E-state index is -0.316. The molecule has 0 bridgehead atoms. The molecule has 0 aliphatic heterocycles. The quantitative estimate of drug-likeness (QED) is 0.757. The van der Waals surface area contributed by atoms with E-state index in [0.717, 1.165) is 11.1 Å². The van der Waals surface area contributed by atoms with Crippen molar-refractivity contribution in [2.45, 2.75) is 6.54 Å². The predicted octanol–water partition coefficient (Wildman–Crippen LogP) is 3.15. The molecule has 3 aromatic rings. The van der Waals surface area contributed by atoms with Crippen LogP contribution in [0.4, 0.5) is 4.39 Å². The molecule has 0 saturated heterocycles. The Bertz CT molecular complexity index is 843. The summed E-state index contributed by atoms with van der Waals surface area (Å²) in [7, 11) is 1.53. The van der Waals surface area contributed by atoms with Crippen LogP contribution in [0.15, 0.2) is 55.0 Å². The van der Waals surface area contributed by atoms with Crippen LogP contribution in [0.3, 0.4) is 0 Å². The number of methoxy groups -OCH3 is 1. The van der Waals surface area contributed by atoms with Crippen LogP contribution in [0, 0.1) is 5.82 Å². The third-order valence-electron chi connectivity index (χ3n) is 3.63. The maximum atomic E-state index is 13.1. The SMILES string of the molecule is COc1ncccc1CNC(=O)c1c[nH]cc1-c1ccc(F)cc1. The molecule has 0 saturated carbocycles. The van der Waals surface area contributed by atoms with Crippen LogP contribution >= 0.6 is 0 Å². The Balaban J connectivity index is 1.77. The number of pyridine rings is 1. The van der Waals surface area contributed by atoms with E-state index in [2.05, 4.69) is 15.3 Å². The van der Waals surface area contributed by atoms with Gasteiger partial charge >= 0.3 is 0 Å². The Morgan fingerprint density at radius 1 is 1.25 bits per heavy atom. The molecule has 1 aromatic carbocycles. The van der Waals surface area contributed by atoms with E-state index < -0.39 is 0 Å². The van der Waals surface area contributed by atoms with Crippen molar-refractivity contribution in [1.82, 2.24) is 15.3 Å². The molecule has 122 valence electrons. The van der Waals surface area contributed by atoms with Crippen molar-refractivity contribution in [3.63, 3.8) is 0 Å². The maximum absolute atomic E-state index is 13.1. The molecular weight excluding hydrogens is 309 g/mol. The number of hydrogen-bond donors (Lipinski definition) is 2. The standard InChI is InChI=1S/C18H16FN3O2/c1-24-18-13(3-2-8-21-18)9-22-17(23)16-11-20-10-15(16)12-4-6-14(19)7-5-12/h2-8,10-11,20H,9H2,1H3,(H,22,23). The number of aromatic nitrogens is 2. The number of nitrogens with zero attached hydrogens (tertiary/aromatic N) is 1. The molecule has 3 rings (SSSR count). The highest BCUT2D eigenvalue weighted by Gasteiger charge is 2.14. The summed E-state index contributed by atoms with van der Waals surface area (Å²) in [5.41, 5.74) is 2.75. The number of hydrogen-bond acceptors (Lipinski definition) is 3. The fraction of sp³-hybridized carbons (Fsp3) is 0.111. The van der Waals surface area contributed by atoms with Crippen molar-refractivity contribution in [2.24, 2.45) is 0 Å². The highest BCUT2D eigenvalue weighted by molar-refractivity contribution is 6.00. The number of amides is 1. The molecule has 6 heteroatoms. The van der Waals surface area contributed by atoms with Gasteiger partial charge in [0.25, 0.3) is 5.91 Å². The zero-order valence-corrected chi connectivity index (χ0v) is 13.0. The average molecular weight is 325 g/mol. The molecule has 5 nitrogen and oxygen atoms in total. The van der Waals surface area contributed by atoms with E-state index in [4.69, 9.17) is 4.74 Å². The number of benzene rings is 1. The summed E-state index contributed by atoms with van der Waals surface area (Å²) in [4.78, 5) is 19.5. The number of carbonyl (C=O) groups is 1. The van der Waals surface area contributed by atoms with E-state index in [9.17, 15) is 9.18 Å². The van der Waals surface area contributed by atoms with Gasteiger partial charge in [-0.25, -0.2) is 9.37 Å². The van der Waals surface area contributed by atoms with Gasteiger partial charge in [-0.1, -0.05) is 18.2 Å². The lowest BCUT2D eigenvalue weighted by Gasteiger charge is -2.09. The van der Waals surface area contributed by atoms with Crippen molar-refractivity contribution in [2.75, 3.05) is 7.11 Å². The van der Waals surface area contributed by atoms with Crippen LogP contribution in [0.25, 0.3) is 11.1 Å². The van der Waals surface area contributed by atoms with Crippen molar-refractivity contribution in [3.05, 3.63) is 71.9 Å². The van der Waals surface area contributed by atoms with E-state index in [1.165, 1.54) is 19.2 Å². The Morgan fingerprint density at radius 3 is 2.79 bits per heavy atom. The fourth-order valence-electron chi connectivity index (χ4n) is 2.43. The molecular formula is C18H16FN3O2. The fourth-order valence-corrected chi connectivity index (χ4v) is 2.43. The van der Waals surface area contributed by atoms with Crippen molar-refractivity contribution in [1.29, 1.82) is 0 Å². The number of rotatable bonds is 5. The normalized spacial score (nSPS) is 10.4. The number of halogens is 1. The first-order chi connectivity index (χ1) is 11.7. The molecule has 24 heavy (non-hydrogen) atoms. The molecule has 2 N–H and O–H groups in total. The molecule has 0 radical (unpaired) electrons. The molecule has 1 amide bonds. The van der Waals surface area contributed by atoms with Crippen LogP contribution in [0.5, 0.6) is 5.88 Å². The largest absolute Gasteiger partial charge is 0.481 e. The predicted molar refractivity (Wildman–Crippen MR) is 88.1 cm³/mol. The molecule has 0 aliphatic rings. The van der Waals surface area contributed by atoms with Crippen LogP contribution in [-0.4, -0.2) is 23.0 Å². The van der Waals surface area contributed by atoms with E-state index >= 15 is 0 Å². The molecule has 0 fully saturated rings. The van der Waals surface area contributed by atoms with Gasteiger partial charge in [0.05, 0.1) is 12.7 Å². The van der Waals surface area contributed by atoms with Crippen LogP contribution in [0.2, 0.25) is 0 Å². The van der Waals surface area contributed by atoms with Crippen LogP contribution in [-0.2, 0) is 6.54 Å². The van der Waals surface area contributed by atoms with E-state index in [-0.39, 0.29) is 11.7 Å². The summed E-state index contributed by atoms with van der Waals surface area (Å²) in [5.74, 6) is -0.0731. The van der Waals surface area contributed by atoms with E-state index in [1.54, 1.807) is 36.8 Å². The van der Waals surface area contributed by atoms with E-state index in [1.807, 2.05) is 6.07 Å². The minimum Gasteiger partial charge on any atom is -0.481 e. The zero-order valence-electron chi connectivity index (χ0n) is 13.0. The molecule has 2 aromatic heterocycles. The maximum Gasteiger partial charge on any atom is 0.253 e. The third-order valence-corrected chi connectivity index (χ3v) is 3.63. The summed E-state index contributed by atoms with van der Waals surface area (Å²) >= 11 is 0. The van der Waals surface area contributed by atoms with Crippen molar-refractivity contribution in [3.8, 4) is 17.0 Å². The first-order valence-electron chi connectivity index (χ1n) is 7.38. The van der Waals surface area contributed by atoms with Crippen molar-refractivity contribution < 1.29 is 13.9 Å². The Kier molecular flexibility index (Phi) is 4.56. The number of aromatic amines is 1. The second-order valence-electron chi connectivity index (χ2n) is 5.14. The van der Waals surface area contributed by atoms with Gasteiger partial charge in [0.1, 0.15) is 5.82 Å². The van der Waals surface area contributed by atoms with Gasteiger partial charge in [-0.05, 0) is 23.8 Å². The number of ether oxygens (including phenoxy) is 1. The summed E-state index contributed by atoms with van der Waals surface area (Å²) in [6, 6.07) is 9.63. The zero-order chi connectivity index (χ0) is 16.9. The number of H-pyrrole nitrogens is 1. The highest BCUT2D eigenvalue weighted by atomic mass is 19.1. The molecule has 0 unspecified atom stereocenters. The lowest BCUT2D eigenvalue weighted by Crippen LogP contribution is -2.23. The van der Waals surface area contributed by atoms with Gasteiger partial charge in [0.15, 0.2) is 0 Å². The average Bonchev–Trinajstić information content (AvgIpc) is 3.10. The topological polar surface area (TPSA) is 67.0 Å². The molecule has 2 heterocycles. The third kappa shape index (κ3) is 3.27. The Labute approximate surface area is 138 Å². The summed E-state index contributed by atoms with van der Waals surface area (Å²) in [5, 5.41) is 2.84. The second-order valence-corrected chi connectivity index (χ2v) is 5.14. The van der Waals surface area contributed by atoms with Gasteiger partial charge in [-0.3, -0.25) is 4.79 Å². The molecule has 0 atom stereocenters. The van der Waals surface area contributed by atoms with Crippen LogP contribution in [0.1, 0.15) is 15.9 Å². The highest BCUT2D eigenvalue weighted by Crippen LogP contribution is 2.24. The van der Waals surface area contributed by atoms with Gasteiger partial charge in [0.2, 0.25) is 5.88 Å². The smallest absolute Gasteiger partial charge is 0.253 e. The Morgan fingerprint density at radius 2 is 2.04 bits per heavy atom. The number of carbonyl (C=O) groups excluding carboxylic acids is 1. The lowest BCUT2D eigenvalue weighted by molar-refractivity contribution is 0.0951. The van der Waals surface area contributed by atoms with Gasteiger partial charge in [-0.2, -0.15) is 0 Å². The summed E-state index contributed by atoms with van der Waals surface area (Å²) in [6.07, 6.45) is 4.96. The van der Waals surface area contributed by atoms with Gasteiger partial charge in [0, 0.05) is 36.3 Å². The Hall–Kier alpha value is -3.15. The lowest BCUT2D eigenvalue weighted by atomic mass is 10.0. The number of nitrogens with one attached hydrogen (secondary N) is 2. The minimum absolute atomic E-state index is 0.235. The van der Waals surface area contributed by atoms with Gasteiger partial charge < -0.3 is 15.0 Å². The second kappa shape index (κ2) is 6.95. The van der Waals surface area contributed by atoms with E-state index in [0.29, 0.717) is 23.6 Å². The summed E-state index contributed by atoms with van der Waals surface area (Å²) in [6.45, 7) is 0.296.